The van der Waals surface area contributed by atoms with Gasteiger partial charge in [0.25, 0.3) is 0 Å². The molecule has 1 aliphatic carbocycles. The summed E-state index contributed by atoms with van der Waals surface area (Å²) in [6, 6.07) is 3.15. The highest BCUT2D eigenvalue weighted by atomic mass is 28.4. The Labute approximate surface area is 181 Å². The van der Waals surface area contributed by atoms with Gasteiger partial charge in [-0.1, -0.05) is 34.6 Å². The van der Waals surface area contributed by atoms with E-state index in [1.807, 2.05) is 13.8 Å². The van der Waals surface area contributed by atoms with Crippen LogP contribution in [0.2, 0.25) is 18.1 Å². The van der Waals surface area contributed by atoms with E-state index in [9.17, 15) is 9.59 Å². The lowest BCUT2D eigenvalue weighted by Gasteiger charge is -2.37. The first-order chi connectivity index (χ1) is 14.0. The molecule has 0 unspecified atom stereocenters. The summed E-state index contributed by atoms with van der Waals surface area (Å²) in [7, 11) is -1.87. The molecule has 30 heavy (non-hydrogen) atoms. The molecule has 0 aliphatic heterocycles. The maximum Gasteiger partial charge on any atom is 0.308 e. The maximum atomic E-state index is 11.9. The predicted molar refractivity (Wildman–Crippen MR) is 122 cm³/mol. The average molecular weight is 433 g/mol. The summed E-state index contributed by atoms with van der Waals surface area (Å²) in [5, 5.41) is 0. The zero-order valence-electron chi connectivity index (χ0n) is 19.9. The Morgan fingerprint density at radius 2 is 1.30 bits per heavy atom. The summed E-state index contributed by atoms with van der Waals surface area (Å²) < 4.78 is 18.1. The third kappa shape index (κ3) is 4.48. The summed E-state index contributed by atoms with van der Waals surface area (Å²) in [6.45, 7) is 17.4. The Hall–Kier alpha value is -2.08. The Morgan fingerprint density at radius 3 is 1.70 bits per heavy atom. The molecule has 0 spiro atoms. The highest BCUT2D eigenvalue weighted by Crippen LogP contribution is 2.51. The molecule has 1 aliphatic rings. The van der Waals surface area contributed by atoms with Crippen LogP contribution in [0.1, 0.15) is 82.6 Å². The van der Waals surface area contributed by atoms with Gasteiger partial charge in [-0.15, -0.1) is 0 Å². The van der Waals surface area contributed by atoms with Gasteiger partial charge in [-0.2, -0.15) is 0 Å². The van der Waals surface area contributed by atoms with E-state index in [0.717, 1.165) is 46.1 Å². The lowest BCUT2D eigenvalue weighted by atomic mass is 9.78. The molecule has 2 rings (SSSR count). The minimum absolute atomic E-state index is 0.0357. The van der Waals surface area contributed by atoms with Gasteiger partial charge in [0.1, 0.15) is 11.5 Å². The molecular formula is C24H36O5Si. The van der Waals surface area contributed by atoms with E-state index >= 15 is 0 Å². The van der Waals surface area contributed by atoms with Crippen LogP contribution in [-0.4, -0.2) is 20.3 Å². The number of carbonyl (C=O) groups is 2. The fourth-order valence-electron chi connectivity index (χ4n) is 4.38. The molecule has 1 aromatic rings. The highest BCUT2D eigenvalue weighted by molar-refractivity contribution is 6.73. The van der Waals surface area contributed by atoms with Crippen molar-refractivity contribution in [3.05, 3.63) is 34.1 Å². The summed E-state index contributed by atoms with van der Waals surface area (Å²) >= 11 is 0. The molecule has 0 heterocycles. The zero-order valence-corrected chi connectivity index (χ0v) is 20.9. The highest BCUT2D eigenvalue weighted by Gasteiger charge is 2.38. The van der Waals surface area contributed by atoms with Crippen molar-refractivity contribution in [1.29, 1.82) is 0 Å². The minimum atomic E-state index is -1.87. The van der Waals surface area contributed by atoms with E-state index in [-0.39, 0.29) is 23.8 Å². The van der Waals surface area contributed by atoms with Crippen molar-refractivity contribution in [3.8, 4) is 11.5 Å². The van der Waals surface area contributed by atoms with Gasteiger partial charge in [0.15, 0.2) is 0 Å². The molecular weight excluding hydrogens is 396 g/mol. The largest absolute Gasteiger partial charge is 0.546 e. The molecule has 0 saturated carbocycles. The molecule has 2 atom stereocenters. The van der Waals surface area contributed by atoms with E-state index < -0.39 is 8.32 Å². The van der Waals surface area contributed by atoms with Crippen LogP contribution in [-0.2, 0) is 14.0 Å². The summed E-state index contributed by atoms with van der Waals surface area (Å²) in [4.78, 5) is 23.8. The maximum absolute atomic E-state index is 11.9. The van der Waals surface area contributed by atoms with Crippen LogP contribution in [0.3, 0.4) is 0 Å². The van der Waals surface area contributed by atoms with Gasteiger partial charge < -0.3 is 13.9 Å². The van der Waals surface area contributed by atoms with Crippen molar-refractivity contribution in [2.24, 2.45) is 0 Å². The van der Waals surface area contributed by atoms with Gasteiger partial charge >= 0.3 is 11.9 Å². The third-order valence-electron chi connectivity index (χ3n) is 6.51. The minimum Gasteiger partial charge on any atom is -0.546 e. The van der Waals surface area contributed by atoms with Crippen LogP contribution < -0.4 is 9.47 Å². The predicted octanol–water partition coefficient (Wildman–Crippen LogP) is 6.28. The van der Waals surface area contributed by atoms with E-state index in [4.69, 9.17) is 13.9 Å². The van der Waals surface area contributed by atoms with E-state index in [0.29, 0.717) is 11.5 Å². The number of rotatable bonds is 7. The molecule has 0 amide bonds. The van der Waals surface area contributed by atoms with Gasteiger partial charge in [0.2, 0.25) is 8.32 Å². The van der Waals surface area contributed by atoms with Gasteiger partial charge in [0, 0.05) is 36.8 Å². The number of carbonyl (C=O) groups excluding carboxylic acids is 2. The average Bonchev–Trinajstić information content (AvgIpc) is 2.69. The first-order valence-electron chi connectivity index (χ1n) is 11.0. The van der Waals surface area contributed by atoms with Gasteiger partial charge in [-0.25, -0.2) is 0 Å². The molecule has 0 N–H and O–H groups in total. The van der Waals surface area contributed by atoms with Gasteiger partial charge in [-0.05, 0) is 49.2 Å². The summed E-state index contributed by atoms with van der Waals surface area (Å²) in [5.41, 5.74) is 3.42. The number of esters is 2. The molecule has 166 valence electrons. The van der Waals surface area contributed by atoms with Crippen molar-refractivity contribution in [3.63, 3.8) is 0 Å². The molecule has 5 nitrogen and oxygen atoms in total. The summed E-state index contributed by atoms with van der Waals surface area (Å²) in [5.74, 6) is 1.22. The summed E-state index contributed by atoms with van der Waals surface area (Å²) in [6.07, 6.45) is 2.15. The van der Waals surface area contributed by atoms with Crippen LogP contribution >= 0.6 is 0 Å². The van der Waals surface area contributed by atoms with Crippen molar-refractivity contribution < 1.29 is 23.5 Å². The smallest absolute Gasteiger partial charge is 0.308 e. The lowest BCUT2D eigenvalue weighted by molar-refractivity contribution is -0.133. The number of benzene rings is 1. The normalized spacial score (nSPS) is 18.4. The number of ether oxygens (including phenoxy) is 2. The Morgan fingerprint density at radius 1 is 0.867 bits per heavy atom. The second-order valence-electron chi connectivity index (χ2n) is 8.35. The number of hydrogen-bond donors (Lipinski definition) is 0. The van der Waals surface area contributed by atoms with Crippen molar-refractivity contribution in [2.75, 3.05) is 0 Å². The van der Waals surface area contributed by atoms with Gasteiger partial charge in [0.05, 0.1) is 5.76 Å². The standard InChI is InChI=1S/C24H36O5Si/c1-10-30(11-2,12-3)29-20-13-14(4)21-22(17(20)7)24(28-19(9)26)16(6)15(5)23(21)27-18(8)25/h13-14,17H,10-12H2,1-9H3/t14-,17+/m1/s1. The third-order valence-corrected chi connectivity index (χ3v) is 11.0. The van der Waals surface area contributed by atoms with Crippen LogP contribution in [0.25, 0.3) is 0 Å². The SMILES string of the molecule is CC[Si](CC)(CC)OC1=C[C@@H](C)c2c(OC(C)=O)c(C)c(C)c(OC(C)=O)c2[C@H]1C. The number of hydrogen-bond acceptors (Lipinski definition) is 5. The monoisotopic (exact) mass is 432 g/mol. The quantitative estimate of drug-likeness (QED) is 0.288. The van der Waals surface area contributed by atoms with E-state index in [1.54, 1.807) is 0 Å². The number of fused-ring (bicyclic) bond motifs is 1. The second-order valence-corrected chi connectivity index (χ2v) is 13.0. The molecule has 0 saturated heterocycles. The second kappa shape index (κ2) is 9.37. The fourth-order valence-corrected chi connectivity index (χ4v) is 7.05. The van der Waals surface area contributed by atoms with Gasteiger partial charge in [-0.3, -0.25) is 9.59 Å². The molecule has 0 aromatic heterocycles. The van der Waals surface area contributed by atoms with Crippen LogP contribution in [0.15, 0.2) is 11.8 Å². The molecule has 1 aromatic carbocycles. The Kier molecular flexibility index (Phi) is 7.56. The van der Waals surface area contributed by atoms with Crippen molar-refractivity contribution in [1.82, 2.24) is 0 Å². The first kappa shape index (κ1) is 24.2. The van der Waals surface area contributed by atoms with Crippen molar-refractivity contribution >= 4 is 20.3 Å². The first-order valence-corrected chi connectivity index (χ1v) is 13.5. The van der Waals surface area contributed by atoms with E-state index in [2.05, 4.69) is 40.7 Å². The fraction of sp³-hybridized carbons (Fsp3) is 0.583. The van der Waals surface area contributed by atoms with Crippen LogP contribution in [0.5, 0.6) is 11.5 Å². The molecule has 0 radical (unpaired) electrons. The lowest BCUT2D eigenvalue weighted by Crippen LogP contribution is -2.37. The van der Waals surface area contributed by atoms with Crippen LogP contribution in [0, 0.1) is 13.8 Å². The zero-order chi connectivity index (χ0) is 22.8. The molecule has 6 heteroatoms. The Bertz CT molecular complexity index is 859. The Balaban J connectivity index is 2.74. The van der Waals surface area contributed by atoms with Crippen LogP contribution in [0.4, 0.5) is 0 Å². The van der Waals surface area contributed by atoms with Crippen molar-refractivity contribution in [2.45, 2.75) is 92.3 Å². The van der Waals surface area contributed by atoms with E-state index in [1.165, 1.54) is 13.8 Å². The molecule has 0 bridgehead atoms. The molecule has 0 fully saturated rings. The topological polar surface area (TPSA) is 61.8 Å². The number of allylic oxidation sites excluding steroid dienone is 2.